The SMILES string of the molecule is COCC(=O)N1CC[C@H](c2c(C(N)=O)sc3ncccc23)C1. The molecule has 3 rings (SSSR count). The molecule has 2 aromatic heterocycles. The van der Waals surface area contributed by atoms with E-state index in [4.69, 9.17) is 10.5 Å². The second-order valence-corrected chi connectivity index (χ2v) is 6.32. The summed E-state index contributed by atoms with van der Waals surface area (Å²) >= 11 is 1.32. The van der Waals surface area contributed by atoms with Crippen molar-refractivity contribution in [3.05, 3.63) is 28.8 Å². The summed E-state index contributed by atoms with van der Waals surface area (Å²) in [5.41, 5.74) is 6.47. The smallest absolute Gasteiger partial charge is 0.259 e. The Morgan fingerprint density at radius 2 is 2.36 bits per heavy atom. The van der Waals surface area contributed by atoms with Crippen molar-refractivity contribution in [2.75, 3.05) is 26.8 Å². The summed E-state index contributed by atoms with van der Waals surface area (Å²) in [4.78, 5) is 31.2. The van der Waals surface area contributed by atoms with E-state index >= 15 is 0 Å². The van der Waals surface area contributed by atoms with Gasteiger partial charge in [0.05, 0.1) is 4.88 Å². The number of methoxy groups -OCH3 is 1. The molecule has 2 amide bonds. The van der Waals surface area contributed by atoms with Gasteiger partial charge in [0.15, 0.2) is 0 Å². The van der Waals surface area contributed by atoms with Crippen LogP contribution in [0.5, 0.6) is 0 Å². The quantitative estimate of drug-likeness (QED) is 0.922. The van der Waals surface area contributed by atoms with Crippen molar-refractivity contribution in [2.24, 2.45) is 5.73 Å². The molecule has 0 unspecified atom stereocenters. The lowest BCUT2D eigenvalue weighted by atomic mass is 9.95. The van der Waals surface area contributed by atoms with Crippen LogP contribution in [-0.2, 0) is 9.53 Å². The first kappa shape index (κ1) is 14.9. The number of carbonyl (C=O) groups excluding carboxylic acids is 2. The van der Waals surface area contributed by atoms with Crippen LogP contribution in [0.2, 0.25) is 0 Å². The number of primary amides is 1. The van der Waals surface area contributed by atoms with Crippen LogP contribution in [-0.4, -0.2) is 48.5 Å². The average Bonchev–Trinajstić information content (AvgIpc) is 3.11. The van der Waals surface area contributed by atoms with Crippen molar-refractivity contribution < 1.29 is 14.3 Å². The van der Waals surface area contributed by atoms with Gasteiger partial charge >= 0.3 is 0 Å². The molecule has 0 aliphatic carbocycles. The zero-order chi connectivity index (χ0) is 15.7. The lowest BCUT2D eigenvalue weighted by Crippen LogP contribution is -2.31. The summed E-state index contributed by atoms with van der Waals surface area (Å²) in [6.45, 7) is 1.34. The number of nitrogens with zero attached hydrogens (tertiary/aromatic N) is 2. The number of pyridine rings is 1. The predicted molar refractivity (Wildman–Crippen MR) is 84.0 cm³/mol. The monoisotopic (exact) mass is 319 g/mol. The number of ether oxygens (including phenoxy) is 1. The van der Waals surface area contributed by atoms with Gasteiger partial charge in [0.25, 0.3) is 5.91 Å². The fraction of sp³-hybridized carbons (Fsp3) is 0.400. The second kappa shape index (κ2) is 6.02. The normalized spacial score (nSPS) is 18.0. The first-order valence-corrected chi connectivity index (χ1v) is 7.87. The molecular formula is C15H17N3O3S. The number of fused-ring (bicyclic) bond motifs is 1. The van der Waals surface area contributed by atoms with Gasteiger partial charge in [-0.1, -0.05) is 6.07 Å². The average molecular weight is 319 g/mol. The molecule has 116 valence electrons. The van der Waals surface area contributed by atoms with E-state index in [0.29, 0.717) is 18.0 Å². The van der Waals surface area contributed by atoms with Gasteiger partial charge < -0.3 is 15.4 Å². The topological polar surface area (TPSA) is 85.5 Å². The third kappa shape index (κ3) is 2.57. The highest BCUT2D eigenvalue weighted by atomic mass is 32.1. The van der Waals surface area contributed by atoms with Gasteiger partial charge in [-0.25, -0.2) is 4.98 Å². The van der Waals surface area contributed by atoms with Crippen molar-refractivity contribution in [2.45, 2.75) is 12.3 Å². The first-order valence-electron chi connectivity index (χ1n) is 7.05. The van der Waals surface area contributed by atoms with E-state index in [1.54, 1.807) is 11.1 Å². The van der Waals surface area contributed by atoms with Crippen molar-refractivity contribution in [1.29, 1.82) is 0 Å². The lowest BCUT2D eigenvalue weighted by Gasteiger charge is -2.16. The summed E-state index contributed by atoms with van der Waals surface area (Å²) in [6, 6.07) is 3.81. The van der Waals surface area contributed by atoms with Crippen molar-refractivity contribution in [3.63, 3.8) is 0 Å². The Bertz CT molecular complexity index is 728. The Balaban J connectivity index is 1.95. The van der Waals surface area contributed by atoms with E-state index in [2.05, 4.69) is 4.98 Å². The molecule has 6 nitrogen and oxygen atoms in total. The molecule has 1 saturated heterocycles. The lowest BCUT2D eigenvalue weighted by molar-refractivity contribution is -0.134. The third-order valence-electron chi connectivity index (χ3n) is 3.95. The van der Waals surface area contributed by atoms with Crippen LogP contribution in [0.3, 0.4) is 0 Å². The van der Waals surface area contributed by atoms with Crippen LogP contribution in [0.4, 0.5) is 0 Å². The Morgan fingerprint density at radius 3 is 3.09 bits per heavy atom. The fourth-order valence-electron chi connectivity index (χ4n) is 2.98. The molecule has 0 aromatic carbocycles. The number of hydrogen-bond donors (Lipinski definition) is 1. The molecule has 0 bridgehead atoms. The molecule has 2 N–H and O–H groups in total. The number of likely N-dealkylation sites (tertiary alicyclic amines) is 1. The number of hydrogen-bond acceptors (Lipinski definition) is 5. The van der Waals surface area contributed by atoms with Gasteiger partial charge in [0, 0.05) is 37.7 Å². The minimum absolute atomic E-state index is 0.0247. The molecule has 22 heavy (non-hydrogen) atoms. The van der Waals surface area contributed by atoms with Crippen molar-refractivity contribution in [1.82, 2.24) is 9.88 Å². The van der Waals surface area contributed by atoms with E-state index in [1.165, 1.54) is 18.4 Å². The molecule has 2 aromatic rings. The Labute approximate surface area is 131 Å². The predicted octanol–water partition coefficient (Wildman–Crippen LogP) is 1.36. The zero-order valence-electron chi connectivity index (χ0n) is 12.2. The molecule has 1 aliphatic rings. The van der Waals surface area contributed by atoms with E-state index in [0.717, 1.165) is 22.2 Å². The molecule has 7 heteroatoms. The van der Waals surface area contributed by atoms with Crippen LogP contribution in [0.25, 0.3) is 10.2 Å². The number of amides is 2. The number of aromatic nitrogens is 1. The number of carbonyl (C=O) groups is 2. The summed E-state index contributed by atoms with van der Waals surface area (Å²) in [7, 11) is 1.51. The second-order valence-electron chi connectivity index (χ2n) is 5.32. The van der Waals surface area contributed by atoms with Crippen molar-refractivity contribution in [3.8, 4) is 0 Å². The fourth-order valence-corrected chi connectivity index (χ4v) is 4.06. The largest absolute Gasteiger partial charge is 0.375 e. The standard InChI is InChI=1S/C15H17N3O3S/c1-21-8-11(19)18-6-4-9(7-18)12-10-3-2-5-17-15(10)22-13(12)14(16)20/h2-3,5,9H,4,6-8H2,1H3,(H2,16,20)/t9-/m0/s1. The Hall–Kier alpha value is -1.99. The molecular weight excluding hydrogens is 302 g/mol. The van der Waals surface area contributed by atoms with Gasteiger partial charge in [0.2, 0.25) is 5.91 Å². The summed E-state index contributed by atoms with van der Waals surface area (Å²) in [5, 5.41) is 0.965. The maximum Gasteiger partial charge on any atom is 0.259 e. The van der Waals surface area contributed by atoms with Gasteiger partial charge in [-0.15, -0.1) is 11.3 Å². The minimum atomic E-state index is -0.431. The maximum atomic E-state index is 11.9. The van der Waals surface area contributed by atoms with Crippen LogP contribution >= 0.6 is 11.3 Å². The number of rotatable bonds is 4. The van der Waals surface area contributed by atoms with E-state index in [1.807, 2.05) is 12.1 Å². The third-order valence-corrected chi connectivity index (χ3v) is 5.09. The number of nitrogens with two attached hydrogens (primary N) is 1. The number of thiophene rings is 1. The summed E-state index contributed by atoms with van der Waals surface area (Å²) in [6.07, 6.45) is 2.52. The molecule has 1 aliphatic heterocycles. The van der Waals surface area contributed by atoms with Gasteiger partial charge in [0.1, 0.15) is 11.4 Å². The zero-order valence-corrected chi connectivity index (χ0v) is 13.1. The Morgan fingerprint density at radius 1 is 1.55 bits per heavy atom. The first-order chi connectivity index (χ1) is 10.6. The van der Waals surface area contributed by atoms with Crippen LogP contribution in [0, 0.1) is 0 Å². The van der Waals surface area contributed by atoms with Gasteiger partial charge in [-0.3, -0.25) is 9.59 Å². The van der Waals surface area contributed by atoms with E-state index < -0.39 is 5.91 Å². The summed E-state index contributed by atoms with van der Waals surface area (Å²) in [5.74, 6) is -0.343. The van der Waals surface area contributed by atoms with Crippen LogP contribution < -0.4 is 5.73 Å². The highest BCUT2D eigenvalue weighted by Crippen LogP contribution is 2.39. The van der Waals surface area contributed by atoms with E-state index in [-0.39, 0.29) is 18.4 Å². The maximum absolute atomic E-state index is 11.9. The molecule has 0 saturated carbocycles. The highest BCUT2D eigenvalue weighted by Gasteiger charge is 2.32. The molecule has 3 heterocycles. The molecule has 1 atom stereocenters. The minimum Gasteiger partial charge on any atom is -0.375 e. The van der Waals surface area contributed by atoms with E-state index in [9.17, 15) is 9.59 Å². The molecule has 0 spiro atoms. The van der Waals surface area contributed by atoms with Crippen LogP contribution in [0.1, 0.15) is 27.6 Å². The highest BCUT2D eigenvalue weighted by molar-refractivity contribution is 7.20. The van der Waals surface area contributed by atoms with Gasteiger partial charge in [-0.05, 0) is 18.1 Å². The van der Waals surface area contributed by atoms with Crippen LogP contribution in [0.15, 0.2) is 18.3 Å². The Kier molecular flexibility index (Phi) is 4.08. The molecule has 0 radical (unpaired) electrons. The summed E-state index contributed by atoms with van der Waals surface area (Å²) < 4.78 is 4.90. The molecule has 1 fully saturated rings. The van der Waals surface area contributed by atoms with Crippen molar-refractivity contribution >= 4 is 33.4 Å². The van der Waals surface area contributed by atoms with Gasteiger partial charge in [-0.2, -0.15) is 0 Å².